The predicted octanol–water partition coefficient (Wildman–Crippen LogP) is 5.38. The number of carbonyl (C=O) groups is 1. The van der Waals surface area contributed by atoms with Crippen molar-refractivity contribution in [2.45, 2.75) is 85.0 Å². The zero-order chi connectivity index (χ0) is 13.4. The molecule has 1 saturated carbocycles. The molecule has 0 radical (unpaired) electrons. The minimum Gasteiger partial charge on any atom is -0.299 e. The van der Waals surface area contributed by atoms with Gasteiger partial charge in [-0.1, -0.05) is 52.9 Å². The summed E-state index contributed by atoms with van der Waals surface area (Å²) in [6.45, 7) is 6.69. The molecule has 0 atom stereocenters. The molecule has 0 aromatic carbocycles. The van der Waals surface area contributed by atoms with Gasteiger partial charge in [-0.15, -0.1) is 0 Å². The fourth-order valence-corrected chi connectivity index (χ4v) is 3.29. The highest BCUT2D eigenvalue weighted by Gasteiger charge is 2.26. The summed E-state index contributed by atoms with van der Waals surface area (Å²) >= 11 is 0. The smallest absolute Gasteiger partial charge is 0.136 e. The number of rotatable bonds is 8. The van der Waals surface area contributed by atoms with E-state index in [1.165, 1.54) is 44.9 Å². The van der Waals surface area contributed by atoms with E-state index in [4.69, 9.17) is 0 Å². The molecule has 0 aliphatic heterocycles. The summed E-state index contributed by atoms with van der Waals surface area (Å²) in [5.41, 5.74) is 0. The molecule has 106 valence electrons. The standard InChI is InChI=1S/C17H32O/c1-4-7-8-15-9-11-16(12-10-15)17(18)13-14(5-2)6-3/h14-16H,4-13H2,1-3H3. The zero-order valence-corrected chi connectivity index (χ0v) is 12.7. The third kappa shape index (κ3) is 5.12. The lowest BCUT2D eigenvalue weighted by atomic mass is 9.76. The van der Waals surface area contributed by atoms with Crippen LogP contribution in [0.5, 0.6) is 0 Å². The highest BCUT2D eigenvalue weighted by molar-refractivity contribution is 5.81. The van der Waals surface area contributed by atoms with Crippen LogP contribution in [0.3, 0.4) is 0 Å². The lowest BCUT2D eigenvalue weighted by Crippen LogP contribution is -2.23. The number of Topliss-reactive ketones (excluding diaryl/α,β-unsaturated/α-hetero) is 1. The zero-order valence-electron chi connectivity index (χ0n) is 12.7. The van der Waals surface area contributed by atoms with Gasteiger partial charge in [-0.05, 0) is 37.5 Å². The van der Waals surface area contributed by atoms with E-state index >= 15 is 0 Å². The lowest BCUT2D eigenvalue weighted by Gasteiger charge is -2.28. The SMILES string of the molecule is CCCCC1CCC(C(=O)CC(CC)CC)CC1. The highest BCUT2D eigenvalue weighted by atomic mass is 16.1. The lowest BCUT2D eigenvalue weighted by molar-refractivity contribution is -0.125. The largest absolute Gasteiger partial charge is 0.299 e. The molecule has 0 saturated heterocycles. The molecule has 0 aromatic rings. The Balaban J connectivity index is 2.27. The monoisotopic (exact) mass is 252 g/mol. The molecule has 1 rings (SSSR count). The molecule has 0 heterocycles. The van der Waals surface area contributed by atoms with Crippen molar-refractivity contribution in [2.24, 2.45) is 17.8 Å². The first-order chi connectivity index (χ1) is 8.71. The van der Waals surface area contributed by atoms with Crippen LogP contribution in [0, 0.1) is 17.8 Å². The molecule has 1 fully saturated rings. The van der Waals surface area contributed by atoms with Gasteiger partial charge >= 0.3 is 0 Å². The van der Waals surface area contributed by atoms with Crippen LogP contribution in [0.15, 0.2) is 0 Å². The normalized spacial score (nSPS) is 24.4. The Morgan fingerprint density at radius 2 is 1.67 bits per heavy atom. The van der Waals surface area contributed by atoms with Gasteiger partial charge in [0.05, 0.1) is 0 Å². The minimum atomic E-state index is 0.406. The average Bonchev–Trinajstić information content (AvgIpc) is 2.42. The summed E-state index contributed by atoms with van der Waals surface area (Å²) in [5.74, 6) is 2.53. The van der Waals surface area contributed by atoms with Gasteiger partial charge in [0.15, 0.2) is 0 Å². The van der Waals surface area contributed by atoms with Crippen LogP contribution in [-0.2, 0) is 4.79 Å². The van der Waals surface area contributed by atoms with Crippen LogP contribution in [0.1, 0.15) is 85.0 Å². The van der Waals surface area contributed by atoms with Gasteiger partial charge in [0.25, 0.3) is 0 Å². The molecule has 0 bridgehead atoms. The minimum absolute atomic E-state index is 0.406. The first-order valence-corrected chi connectivity index (χ1v) is 8.23. The molecule has 1 heteroatoms. The van der Waals surface area contributed by atoms with Gasteiger partial charge in [0.2, 0.25) is 0 Å². The average molecular weight is 252 g/mol. The molecule has 1 aliphatic carbocycles. The van der Waals surface area contributed by atoms with Gasteiger partial charge in [-0.25, -0.2) is 0 Å². The van der Waals surface area contributed by atoms with Crippen LogP contribution in [0.2, 0.25) is 0 Å². The summed E-state index contributed by atoms with van der Waals surface area (Å²) in [7, 11) is 0. The predicted molar refractivity (Wildman–Crippen MR) is 78.7 cm³/mol. The van der Waals surface area contributed by atoms with Gasteiger partial charge in [-0.3, -0.25) is 4.79 Å². The Kier molecular flexibility index (Phi) is 7.62. The number of hydrogen-bond donors (Lipinski definition) is 0. The highest BCUT2D eigenvalue weighted by Crippen LogP contribution is 2.33. The molecule has 1 nitrogen and oxygen atoms in total. The van der Waals surface area contributed by atoms with E-state index in [0.717, 1.165) is 25.2 Å². The first kappa shape index (κ1) is 15.7. The summed E-state index contributed by atoms with van der Waals surface area (Å²) in [6.07, 6.45) is 12.2. The molecule has 1 aliphatic rings. The van der Waals surface area contributed by atoms with Crippen molar-refractivity contribution >= 4 is 5.78 Å². The number of unbranched alkanes of at least 4 members (excludes halogenated alkanes) is 1. The van der Waals surface area contributed by atoms with Crippen molar-refractivity contribution in [3.8, 4) is 0 Å². The van der Waals surface area contributed by atoms with Crippen LogP contribution < -0.4 is 0 Å². The molecule has 18 heavy (non-hydrogen) atoms. The fourth-order valence-electron chi connectivity index (χ4n) is 3.29. The van der Waals surface area contributed by atoms with Crippen molar-refractivity contribution in [2.75, 3.05) is 0 Å². The molecule has 0 amide bonds. The maximum Gasteiger partial charge on any atom is 0.136 e. The van der Waals surface area contributed by atoms with Crippen LogP contribution in [-0.4, -0.2) is 5.78 Å². The Bertz CT molecular complexity index is 222. The maximum atomic E-state index is 12.2. The molecule has 0 spiro atoms. The van der Waals surface area contributed by atoms with Gasteiger partial charge in [0.1, 0.15) is 5.78 Å². The summed E-state index contributed by atoms with van der Waals surface area (Å²) in [4.78, 5) is 12.2. The number of ketones is 1. The van der Waals surface area contributed by atoms with Crippen LogP contribution >= 0.6 is 0 Å². The fraction of sp³-hybridized carbons (Fsp3) is 0.941. The Hall–Kier alpha value is -0.330. The van der Waals surface area contributed by atoms with Gasteiger partial charge < -0.3 is 0 Å². The second-order valence-corrected chi connectivity index (χ2v) is 6.21. The van der Waals surface area contributed by atoms with E-state index in [1.54, 1.807) is 0 Å². The van der Waals surface area contributed by atoms with Crippen molar-refractivity contribution < 1.29 is 4.79 Å². The second kappa shape index (κ2) is 8.72. The summed E-state index contributed by atoms with van der Waals surface area (Å²) in [5, 5.41) is 0. The van der Waals surface area contributed by atoms with E-state index in [2.05, 4.69) is 20.8 Å². The first-order valence-electron chi connectivity index (χ1n) is 8.23. The van der Waals surface area contributed by atoms with Crippen molar-refractivity contribution in [1.82, 2.24) is 0 Å². The molecule has 0 unspecified atom stereocenters. The molecular formula is C17H32O. The summed E-state index contributed by atoms with van der Waals surface area (Å²) < 4.78 is 0. The molecular weight excluding hydrogens is 220 g/mol. The van der Waals surface area contributed by atoms with E-state index in [0.29, 0.717) is 17.6 Å². The van der Waals surface area contributed by atoms with Crippen molar-refractivity contribution in [3.05, 3.63) is 0 Å². The van der Waals surface area contributed by atoms with Crippen molar-refractivity contribution in [1.29, 1.82) is 0 Å². The van der Waals surface area contributed by atoms with Crippen LogP contribution in [0.25, 0.3) is 0 Å². The third-order valence-corrected chi connectivity index (χ3v) is 4.91. The topological polar surface area (TPSA) is 17.1 Å². The van der Waals surface area contributed by atoms with E-state index in [9.17, 15) is 4.79 Å². The Labute approximate surface area is 114 Å². The van der Waals surface area contributed by atoms with E-state index < -0.39 is 0 Å². The van der Waals surface area contributed by atoms with E-state index in [-0.39, 0.29) is 0 Å². The van der Waals surface area contributed by atoms with Gasteiger partial charge in [-0.2, -0.15) is 0 Å². The quantitative estimate of drug-likeness (QED) is 0.567. The van der Waals surface area contributed by atoms with E-state index in [1.807, 2.05) is 0 Å². The molecule has 0 N–H and O–H groups in total. The molecule has 0 aromatic heterocycles. The number of carbonyl (C=O) groups excluding carboxylic acids is 1. The Morgan fingerprint density at radius 1 is 1.06 bits per heavy atom. The third-order valence-electron chi connectivity index (χ3n) is 4.91. The second-order valence-electron chi connectivity index (χ2n) is 6.21. The van der Waals surface area contributed by atoms with Gasteiger partial charge in [0, 0.05) is 12.3 Å². The summed E-state index contributed by atoms with van der Waals surface area (Å²) in [6, 6.07) is 0. The number of hydrogen-bond acceptors (Lipinski definition) is 1. The maximum absolute atomic E-state index is 12.2. The van der Waals surface area contributed by atoms with Crippen LogP contribution in [0.4, 0.5) is 0 Å². The Morgan fingerprint density at radius 3 is 2.17 bits per heavy atom. The van der Waals surface area contributed by atoms with Crippen molar-refractivity contribution in [3.63, 3.8) is 0 Å².